The normalized spacial score (nSPS) is 14.7. The van der Waals surface area contributed by atoms with Crippen molar-refractivity contribution in [1.29, 1.82) is 10.5 Å². The number of amides is 8. The van der Waals surface area contributed by atoms with Gasteiger partial charge in [0.25, 0.3) is 0 Å². The number of hydrogen-bond donors (Lipinski definition) is 11. The van der Waals surface area contributed by atoms with E-state index in [0.717, 1.165) is 0 Å². The SMILES string of the molecule is N#CN=C(N)N1CNCN(C(=O)NCNC(N)=O)C1.N#CNC1=NCNCN1CNC(=O)NCNC(N)=O. The Balaban J connectivity index is 0.000000380. The molecule has 0 aliphatic carbocycles. The van der Waals surface area contributed by atoms with Gasteiger partial charge in [-0.2, -0.15) is 10.5 Å². The van der Waals surface area contributed by atoms with Gasteiger partial charge >= 0.3 is 24.1 Å². The molecule has 0 aromatic rings. The predicted molar refractivity (Wildman–Crippen MR) is 130 cm³/mol. The minimum absolute atomic E-state index is 0.0164. The molecule has 2 aliphatic rings. The number of primary amides is 2. The molecule has 0 unspecified atom stereocenters. The summed E-state index contributed by atoms with van der Waals surface area (Å²) in [5.74, 6) is 0.388. The van der Waals surface area contributed by atoms with Crippen molar-refractivity contribution in [3.63, 3.8) is 0 Å². The first-order valence-electron chi connectivity index (χ1n) is 10.6. The van der Waals surface area contributed by atoms with Gasteiger partial charge < -0.3 is 53.6 Å². The predicted octanol–water partition coefficient (Wildman–Crippen LogP) is -5.69. The zero-order valence-corrected chi connectivity index (χ0v) is 20.2. The minimum atomic E-state index is -0.732. The molecule has 38 heavy (non-hydrogen) atoms. The molecular weight excluding hydrogens is 508 g/mol. The molecule has 208 valence electrons. The highest BCUT2D eigenvalue weighted by molar-refractivity contribution is 5.82. The van der Waals surface area contributed by atoms with Crippen LogP contribution in [0.5, 0.6) is 0 Å². The molecule has 0 aromatic carbocycles. The van der Waals surface area contributed by atoms with Crippen molar-refractivity contribution in [3.8, 4) is 12.4 Å². The number of nitrogens with zero attached hydrogens (tertiary/aromatic N) is 7. The van der Waals surface area contributed by atoms with Crippen LogP contribution < -0.4 is 59.7 Å². The van der Waals surface area contributed by atoms with E-state index in [1.165, 1.54) is 9.80 Å². The topological polar surface area (TPSA) is 325 Å². The van der Waals surface area contributed by atoms with Gasteiger partial charge in [0.2, 0.25) is 18.1 Å². The second-order valence-electron chi connectivity index (χ2n) is 6.94. The maximum Gasteiger partial charge on any atom is 0.321 e. The van der Waals surface area contributed by atoms with Crippen LogP contribution in [-0.4, -0.2) is 104 Å². The maximum atomic E-state index is 11.7. The Hall–Kier alpha value is -5.48. The van der Waals surface area contributed by atoms with Crippen molar-refractivity contribution in [2.24, 2.45) is 27.2 Å². The van der Waals surface area contributed by atoms with Crippen LogP contribution in [0, 0.1) is 22.9 Å². The summed E-state index contributed by atoms with van der Waals surface area (Å²) in [5, 5.41) is 37.0. The summed E-state index contributed by atoms with van der Waals surface area (Å²) in [7, 11) is 0. The molecule has 0 bridgehead atoms. The van der Waals surface area contributed by atoms with Crippen LogP contribution in [0.15, 0.2) is 9.98 Å². The number of guanidine groups is 2. The Morgan fingerprint density at radius 3 is 2.21 bits per heavy atom. The Morgan fingerprint density at radius 2 is 1.58 bits per heavy atom. The van der Waals surface area contributed by atoms with Crippen molar-refractivity contribution >= 4 is 36.0 Å². The average Bonchev–Trinajstić information content (AvgIpc) is 2.88. The maximum absolute atomic E-state index is 11.7. The number of urea groups is 4. The molecule has 22 nitrogen and oxygen atoms in total. The van der Waals surface area contributed by atoms with Gasteiger partial charge in [0.1, 0.15) is 6.67 Å². The first kappa shape index (κ1) is 30.6. The van der Waals surface area contributed by atoms with E-state index in [2.05, 4.69) is 52.5 Å². The van der Waals surface area contributed by atoms with E-state index >= 15 is 0 Å². The molecule has 0 spiro atoms. The molecular formula is C16H30N18O4. The fraction of sp³-hybridized carbons (Fsp3) is 0.500. The number of rotatable bonds is 6. The lowest BCUT2D eigenvalue weighted by Crippen LogP contribution is -2.60. The summed E-state index contributed by atoms with van der Waals surface area (Å²) in [6, 6.07) is -2.37. The van der Waals surface area contributed by atoms with Crippen molar-refractivity contribution < 1.29 is 19.2 Å². The summed E-state index contributed by atoms with van der Waals surface area (Å²) in [6.45, 7) is 1.68. The Kier molecular flexibility index (Phi) is 13.7. The number of nitrogens with two attached hydrogens (primary N) is 3. The van der Waals surface area contributed by atoms with Gasteiger partial charge in [-0.1, -0.05) is 0 Å². The van der Waals surface area contributed by atoms with Crippen molar-refractivity contribution in [2.75, 3.05) is 53.3 Å². The van der Waals surface area contributed by atoms with Gasteiger partial charge in [-0.15, -0.1) is 4.99 Å². The quantitative estimate of drug-likeness (QED) is 0.0495. The van der Waals surface area contributed by atoms with Gasteiger partial charge in [0.15, 0.2) is 6.19 Å². The fourth-order valence-corrected chi connectivity index (χ4v) is 2.59. The minimum Gasteiger partial charge on any atom is -0.369 e. The van der Waals surface area contributed by atoms with Crippen LogP contribution in [0.25, 0.3) is 0 Å². The number of aliphatic imine (C=N–C) groups is 2. The van der Waals surface area contributed by atoms with Gasteiger partial charge in [-0.05, 0) is 0 Å². The summed E-state index contributed by atoms with van der Waals surface area (Å²) in [4.78, 5) is 55.8. The first-order valence-corrected chi connectivity index (χ1v) is 10.6. The third-order valence-corrected chi connectivity index (χ3v) is 4.28. The Morgan fingerprint density at radius 1 is 0.921 bits per heavy atom. The summed E-state index contributed by atoms with van der Waals surface area (Å²) in [5.41, 5.74) is 15.2. The van der Waals surface area contributed by atoms with Gasteiger partial charge in [-0.3, -0.25) is 20.9 Å². The number of nitrogens with one attached hydrogen (secondary N) is 8. The van der Waals surface area contributed by atoms with E-state index in [-0.39, 0.29) is 32.6 Å². The molecule has 14 N–H and O–H groups in total. The van der Waals surface area contributed by atoms with E-state index in [9.17, 15) is 19.2 Å². The molecule has 8 amide bonds. The number of nitriles is 2. The number of hydrogen-bond acceptors (Lipinski definition) is 12. The van der Waals surface area contributed by atoms with Gasteiger partial charge in [0, 0.05) is 0 Å². The summed E-state index contributed by atoms with van der Waals surface area (Å²) < 4.78 is 0. The molecule has 1 fully saturated rings. The third-order valence-electron chi connectivity index (χ3n) is 4.28. The monoisotopic (exact) mass is 538 g/mol. The second-order valence-corrected chi connectivity index (χ2v) is 6.94. The molecule has 2 aliphatic heterocycles. The largest absolute Gasteiger partial charge is 0.369 e. The van der Waals surface area contributed by atoms with Gasteiger partial charge in [-0.25, -0.2) is 24.2 Å². The third kappa shape index (κ3) is 12.3. The number of carbonyl (C=O) groups excluding carboxylic acids is 4. The zero-order valence-electron chi connectivity index (χ0n) is 20.2. The average molecular weight is 539 g/mol. The van der Waals surface area contributed by atoms with E-state index in [0.29, 0.717) is 32.6 Å². The zero-order chi connectivity index (χ0) is 28.3. The van der Waals surface area contributed by atoms with Crippen LogP contribution in [0.4, 0.5) is 19.2 Å². The van der Waals surface area contributed by atoms with Crippen LogP contribution in [0.3, 0.4) is 0 Å². The van der Waals surface area contributed by atoms with Gasteiger partial charge in [0.05, 0.1) is 46.7 Å². The summed E-state index contributed by atoms with van der Waals surface area (Å²) in [6.07, 6.45) is 3.33. The molecule has 22 heteroatoms. The van der Waals surface area contributed by atoms with Crippen molar-refractivity contribution in [1.82, 2.24) is 57.2 Å². The van der Waals surface area contributed by atoms with E-state index in [1.54, 1.807) is 17.3 Å². The van der Waals surface area contributed by atoms with Crippen LogP contribution in [0.2, 0.25) is 0 Å². The fourth-order valence-electron chi connectivity index (χ4n) is 2.59. The number of carbonyl (C=O) groups is 4. The smallest absolute Gasteiger partial charge is 0.321 e. The summed E-state index contributed by atoms with van der Waals surface area (Å²) >= 11 is 0. The molecule has 0 saturated carbocycles. The van der Waals surface area contributed by atoms with E-state index in [4.69, 9.17) is 27.7 Å². The van der Waals surface area contributed by atoms with Crippen LogP contribution in [0.1, 0.15) is 0 Å². The molecule has 0 aromatic heterocycles. The molecule has 2 heterocycles. The lowest BCUT2D eigenvalue weighted by atomic mass is 10.5. The van der Waals surface area contributed by atoms with Crippen LogP contribution >= 0.6 is 0 Å². The lowest BCUT2D eigenvalue weighted by Gasteiger charge is -2.36. The first-order chi connectivity index (χ1) is 18.2. The lowest BCUT2D eigenvalue weighted by molar-refractivity contribution is 0.128. The highest BCUT2D eigenvalue weighted by Gasteiger charge is 2.22. The van der Waals surface area contributed by atoms with E-state index < -0.39 is 24.1 Å². The highest BCUT2D eigenvalue weighted by Crippen LogP contribution is 1.99. The highest BCUT2D eigenvalue weighted by atomic mass is 16.2. The standard InChI is InChI=1S/2C8H15N9O2/c9-1-13-6(10)16-3-12-4-17(5-16)8(19)15-2-14-7(11)18;9-1-12-7-14-2-11-4-17(7)5-16-8(19)15-3-13-6(10)18/h12H,2-5H2,(H2,10,13)(H,15,19)(H3,11,14,18);11H,2-5H2,(H,12,14)(H3,10,13,18)(H2,15,16,19). The Bertz CT molecular complexity index is 970. The van der Waals surface area contributed by atoms with E-state index in [1.807, 2.05) is 0 Å². The van der Waals surface area contributed by atoms with Crippen molar-refractivity contribution in [3.05, 3.63) is 0 Å². The van der Waals surface area contributed by atoms with Crippen LogP contribution in [-0.2, 0) is 0 Å². The second kappa shape index (κ2) is 17.0. The van der Waals surface area contributed by atoms with Crippen molar-refractivity contribution in [2.45, 2.75) is 0 Å². The molecule has 0 atom stereocenters. The molecule has 0 radical (unpaired) electrons. The molecule has 1 saturated heterocycles. The molecule has 2 rings (SSSR count). The Labute approximate surface area is 216 Å².